The van der Waals surface area contributed by atoms with Crippen molar-refractivity contribution >= 4 is 29.4 Å². The lowest BCUT2D eigenvalue weighted by atomic mass is 10.2. The van der Waals surface area contributed by atoms with Gasteiger partial charge < -0.3 is 14.7 Å². The first-order valence-electron chi connectivity index (χ1n) is 9.08. The Balaban J connectivity index is 1.73. The first-order chi connectivity index (χ1) is 12.8. The van der Waals surface area contributed by atoms with Crippen molar-refractivity contribution in [2.45, 2.75) is 19.8 Å². The largest absolute Gasteiger partial charge is 0.347 e. The van der Waals surface area contributed by atoms with Crippen LogP contribution in [0.2, 0.25) is 5.02 Å². The first kappa shape index (κ1) is 19.4. The number of benzene rings is 1. The van der Waals surface area contributed by atoms with Crippen molar-refractivity contribution in [2.24, 2.45) is 0 Å². The highest BCUT2D eigenvalue weighted by Crippen LogP contribution is 2.20. The van der Waals surface area contributed by atoms with E-state index >= 15 is 0 Å². The van der Waals surface area contributed by atoms with Crippen molar-refractivity contribution in [1.29, 1.82) is 0 Å². The van der Waals surface area contributed by atoms with Crippen LogP contribution in [0, 0.1) is 0 Å². The summed E-state index contributed by atoms with van der Waals surface area (Å²) >= 11 is 6.01. The van der Waals surface area contributed by atoms with Crippen LogP contribution in [0.3, 0.4) is 0 Å². The number of carbonyl (C=O) groups excluding carboxylic acids is 1. The van der Waals surface area contributed by atoms with Crippen LogP contribution in [0.15, 0.2) is 24.3 Å². The molecule has 0 N–H and O–H groups in total. The fourth-order valence-corrected chi connectivity index (χ4v) is 3.07. The second kappa shape index (κ2) is 8.08. The third-order valence-electron chi connectivity index (χ3n) is 4.47. The van der Waals surface area contributed by atoms with Crippen LogP contribution in [0.1, 0.15) is 35.9 Å². The molecule has 27 heavy (non-hydrogen) atoms. The smallest absolute Gasteiger partial charge is 0.254 e. The quantitative estimate of drug-likeness (QED) is 0.802. The maximum atomic E-state index is 12.7. The number of rotatable bonds is 4. The SMILES string of the molecule is CC(C)c1nc(N(C)C)nc(N2CCN(C(=O)c3cccc(Cl)c3)CC2)n1. The lowest BCUT2D eigenvalue weighted by Gasteiger charge is -2.35. The van der Waals surface area contributed by atoms with Crippen molar-refractivity contribution in [3.63, 3.8) is 0 Å². The van der Waals surface area contributed by atoms with Crippen molar-refractivity contribution < 1.29 is 4.79 Å². The number of hydrogen-bond acceptors (Lipinski definition) is 6. The molecule has 0 atom stereocenters. The summed E-state index contributed by atoms with van der Waals surface area (Å²) in [7, 11) is 3.84. The fourth-order valence-electron chi connectivity index (χ4n) is 2.88. The number of amides is 1. The molecule has 0 bridgehead atoms. The van der Waals surface area contributed by atoms with Crippen LogP contribution in [0.25, 0.3) is 0 Å². The predicted molar refractivity (Wildman–Crippen MR) is 108 cm³/mol. The Labute approximate surface area is 165 Å². The fraction of sp³-hybridized carbons (Fsp3) is 0.474. The van der Waals surface area contributed by atoms with Crippen LogP contribution in [-0.2, 0) is 0 Å². The van der Waals surface area contributed by atoms with Gasteiger partial charge in [-0.2, -0.15) is 15.0 Å². The summed E-state index contributed by atoms with van der Waals surface area (Å²) in [5.74, 6) is 2.33. The number of anilines is 2. The number of piperazine rings is 1. The Bertz CT molecular complexity index is 791. The lowest BCUT2D eigenvalue weighted by molar-refractivity contribution is 0.0746. The number of nitrogens with zero attached hydrogens (tertiary/aromatic N) is 6. The van der Waals surface area contributed by atoms with Gasteiger partial charge in [-0.1, -0.05) is 31.5 Å². The highest BCUT2D eigenvalue weighted by atomic mass is 35.5. The maximum absolute atomic E-state index is 12.7. The van der Waals surface area contributed by atoms with E-state index in [4.69, 9.17) is 11.6 Å². The van der Waals surface area contributed by atoms with Gasteiger partial charge in [0, 0.05) is 56.8 Å². The normalized spacial score (nSPS) is 14.6. The molecule has 1 aliphatic heterocycles. The highest BCUT2D eigenvalue weighted by molar-refractivity contribution is 6.30. The van der Waals surface area contributed by atoms with Crippen molar-refractivity contribution in [3.8, 4) is 0 Å². The molecule has 144 valence electrons. The molecule has 1 amide bonds. The molecule has 7 nitrogen and oxygen atoms in total. The van der Waals surface area contributed by atoms with Gasteiger partial charge in [0.25, 0.3) is 5.91 Å². The number of hydrogen-bond donors (Lipinski definition) is 0. The van der Waals surface area contributed by atoms with E-state index in [1.54, 1.807) is 24.3 Å². The topological polar surface area (TPSA) is 65.5 Å². The van der Waals surface area contributed by atoms with Gasteiger partial charge in [-0.25, -0.2) is 0 Å². The molecule has 3 rings (SSSR count). The Morgan fingerprint density at radius 1 is 1.11 bits per heavy atom. The van der Waals surface area contributed by atoms with Gasteiger partial charge in [-0.05, 0) is 18.2 Å². The molecule has 0 saturated carbocycles. The molecule has 1 saturated heterocycles. The number of carbonyl (C=O) groups is 1. The van der Waals surface area contributed by atoms with E-state index in [0.29, 0.717) is 48.7 Å². The van der Waals surface area contributed by atoms with E-state index in [1.807, 2.05) is 23.9 Å². The Kier molecular flexibility index (Phi) is 5.79. The summed E-state index contributed by atoms with van der Waals surface area (Å²) in [5, 5.41) is 0.571. The summed E-state index contributed by atoms with van der Waals surface area (Å²) in [5.41, 5.74) is 0.619. The number of halogens is 1. The predicted octanol–water partition coefficient (Wildman–Crippen LogP) is 2.68. The molecule has 0 unspecified atom stereocenters. The molecule has 0 radical (unpaired) electrons. The van der Waals surface area contributed by atoms with E-state index in [2.05, 4.69) is 33.7 Å². The van der Waals surface area contributed by atoms with E-state index in [1.165, 1.54) is 0 Å². The summed E-state index contributed by atoms with van der Waals surface area (Å²) in [6, 6.07) is 7.07. The van der Waals surface area contributed by atoms with Crippen LogP contribution >= 0.6 is 11.6 Å². The molecule has 2 aromatic rings. The highest BCUT2D eigenvalue weighted by Gasteiger charge is 2.25. The van der Waals surface area contributed by atoms with Crippen molar-refractivity contribution in [3.05, 3.63) is 40.7 Å². The van der Waals surface area contributed by atoms with E-state index in [-0.39, 0.29) is 11.8 Å². The van der Waals surface area contributed by atoms with Crippen LogP contribution in [-0.4, -0.2) is 66.0 Å². The molecule has 0 spiro atoms. The summed E-state index contributed by atoms with van der Waals surface area (Å²) < 4.78 is 0. The standard InChI is InChI=1S/C19H25ClN6O/c1-13(2)16-21-18(24(3)4)23-19(22-16)26-10-8-25(9-11-26)17(27)14-6-5-7-15(20)12-14/h5-7,12-13H,8-11H2,1-4H3. The third kappa shape index (κ3) is 4.47. The van der Waals surface area contributed by atoms with E-state index in [0.717, 1.165) is 5.82 Å². The van der Waals surface area contributed by atoms with Gasteiger partial charge in [0.05, 0.1) is 0 Å². The Morgan fingerprint density at radius 3 is 2.41 bits per heavy atom. The Hall–Kier alpha value is -2.41. The molecule has 1 aromatic heterocycles. The van der Waals surface area contributed by atoms with Crippen molar-refractivity contribution in [1.82, 2.24) is 19.9 Å². The second-order valence-electron chi connectivity index (χ2n) is 7.13. The van der Waals surface area contributed by atoms with Crippen molar-refractivity contribution in [2.75, 3.05) is 50.1 Å². The average Bonchev–Trinajstić information content (AvgIpc) is 2.67. The minimum atomic E-state index is 0.00430. The van der Waals surface area contributed by atoms with E-state index < -0.39 is 0 Å². The minimum absolute atomic E-state index is 0.00430. The monoisotopic (exact) mass is 388 g/mol. The van der Waals surface area contributed by atoms with Crippen LogP contribution in [0.4, 0.5) is 11.9 Å². The zero-order valence-electron chi connectivity index (χ0n) is 16.2. The van der Waals surface area contributed by atoms with Gasteiger partial charge in [-0.15, -0.1) is 0 Å². The Morgan fingerprint density at radius 2 is 1.81 bits per heavy atom. The summed E-state index contributed by atoms with van der Waals surface area (Å²) in [6.45, 7) is 6.73. The molecular formula is C19H25ClN6O. The average molecular weight is 389 g/mol. The molecule has 0 aliphatic carbocycles. The number of aromatic nitrogens is 3. The molecule has 1 aliphatic rings. The summed E-state index contributed by atoms with van der Waals surface area (Å²) in [4.78, 5) is 32.3. The van der Waals surface area contributed by atoms with Gasteiger partial charge >= 0.3 is 0 Å². The summed E-state index contributed by atoms with van der Waals surface area (Å²) in [6.07, 6.45) is 0. The zero-order valence-corrected chi connectivity index (χ0v) is 16.9. The zero-order chi connectivity index (χ0) is 19.6. The maximum Gasteiger partial charge on any atom is 0.254 e. The second-order valence-corrected chi connectivity index (χ2v) is 7.57. The first-order valence-corrected chi connectivity index (χ1v) is 9.46. The molecule has 1 fully saturated rings. The van der Waals surface area contributed by atoms with Gasteiger partial charge in [0.15, 0.2) is 0 Å². The van der Waals surface area contributed by atoms with Gasteiger partial charge in [-0.3, -0.25) is 4.79 Å². The van der Waals surface area contributed by atoms with E-state index in [9.17, 15) is 4.79 Å². The molecule has 2 heterocycles. The third-order valence-corrected chi connectivity index (χ3v) is 4.70. The minimum Gasteiger partial charge on any atom is -0.347 e. The molecular weight excluding hydrogens is 364 g/mol. The van der Waals surface area contributed by atoms with Gasteiger partial charge in [0.2, 0.25) is 11.9 Å². The molecule has 1 aromatic carbocycles. The molecule has 8 heteroatoms. The van der Waals surface area contributed by atoms with Crippen LogP contribution in [0.5, 0.6) is 0 Å². The van der Waals surface area contributed by atoms with Crippen LogP contribution < -0.4 is 9.80 Å². The van der Waals surface area contributed by atoms with Gasteiger partial charge in [0.1, 0.15) is 5.82 Å². The lowest BCUT2D eigenvalue weighted by Crippen LogP contribution is -2.49.